The van der Waals surface area contributed by atoms with Gasteiger partial charge < -0.3 is 29.6 Å². The van der Waals surface area contributed by atoms with Crippen molar-refractivity contribution in [2.75, 3.05) is 20.3 Å². The van der Waals surface area contributed by atoms with Crippen LogP contribution in [0.1, 0.15) is 35.8 Å². The number of aryl methyl sites for hydroxylation is 1. The summed E-state index contributed by atoms with van der Waals surface area (Å²) in [6.45, 7) is 2.74. The Hall–Kier alpha value is -4.12. The van der Waals surface area contributed by atoms with Gasteiger partial charge >= 0.3 is 12.1 Å². The first kappa shape index (κ1) is 26.5. The average Bonchev–Trinajstić information content (AvgIpc) is 3.27. The van der Waals surface area contributed by atoms with E-state index in [0.29, 0.717) is 11.3 Å². The molecule has 0 bridgehead atoms. The maximum absolute atomic E-state index is 13.3. The van der Waals surface area contributed by atoms with Gasteiger partial charge in [-0.15, -0.1) is 0 Å². The number of hydrogen-bond acceptors (Lipinski definition) is 8. The third-order valence-corrected chi connectivity index (χ3v) is 5.36. The van der Waals surface area contributed by atoms with Crippen LogP contribution < -0.4 is 15.4 Å². The molecule has 2 amide bonds. The van der Waals surface area contributed by atoms with E-state index in [1.54, 1.807) is 54.3 Å². The highest BCUT2D eigenvalue weighted by molar-refractivity contribution is 5.95. The number of esters is 1. The Kier molecular flexibility index (Phi) is 8.85. The van der Waals surface area contributed by atoms with Crippen molar-refractivity contribution >= 4 is 18.0 Å². The molecule has 36 heavy (non-hydrogen) atoms. The summed E-state index contributed by atoms with van der Waals surface area (Å²) in [5, 5.41) is 9.80. The number of amides is 2. The van der Waals surface area contributed by atoms with Crippen LogP contribution in [0.3, 0.4) is 0 Å². The monoisotopic (exact) mass is 498 g/mol. The molecule has 11 heteroatoms. The normalized spacial score (nSPS) is 19.3. The maximum Gasteiger partial charge on any atom is 0.410 e. The van der Waals surface area contributed by atoms with Crippen molar-refractivity contribution in [1.29, 1.82) is 0 Å². The molecule has 1 aromatic heterocycles. The summed E-state index contributed by atoms with van der Waals surface area (Å²) in [6, 6.07) is 8.62. The lowest BCUT2D eigenvalue weighted by Crippen LogP contribution is -2.54. The average molecular weight is 499 g/mol. The molecule has 1 heterocycles. The number of nitrogens with one attached hydrogen (secondary N) is 2. The summed E-state index contributed by atoms with van der Waals surface area (Å²) in [5.74, 6) is -0.805. The SMILES string of the molecule is COc1cccc(C(=O)NC2(OCCNC(=O)OC(C)OC(C)=O)C=CC=CC2c2ccnn2C)c1. The van der Waals surface area contributed by atoms with Crippen LogP contribution in [0.4, 0.5) is 4.79 Å². The Morgan fingerprint density at radius 1 is 1.19 bits per heavy atom. The minimum atomic E-state index is -1.28. The second-order valence-corrected chi connectivity index (χ2v) is 7.94. The highest BCUT2D eigenvalue weighted by atomic mass is 16.7. The fourth-order valence-corrected chi connectivity index (χ4v) is 3.76. The van der Waals surface area contributed by atoms with E-state index in [2.05, 4.69) is 15.7 Å². The van der Waals surface area contributed by atoms with Crippen LogP contribution in [-0.4, -0.2) is 60.0 Å². The van der Waals surface area contributed by atoms with Gasteiger partial charge in [-0.25, -0.2) is 4.79 Å². The number of hydrogen-bond donors (Lipinski definition) is 2. The lowest BCUT2D eigenvalue weighted by atomic mass is 9.87. The minimum absolute atomic E-state index is 0.0297. The number of ether oxygens (including phenoxy) is 4. The van der Waals surface area contributed by atoms with Crippen molar-refractivity contribution in [3.8, 4) is 5.75 Å². The molecule has 2 N–H and O–H groups in total. The van der Waals surface area contributed by atoms with Crippen molar-refractivity contribution in [3.05, 3.63) is 72.1 Å². The molecule has 1 aliphatic carbocycles. The summed E-state index contributed by atoms with van der Waals surface area (Å²) < 4.78 is 22.9. The molecule has 0 saturated carbocycles. The highest BCUT2D eigenvalue weighted by Gasteiger charge is 2.41. The second kappa shape index (κ2) is 12.0. The van der Waals surface area contributed by atoms with E-state index < -0.39 is 30.0 Å². The minimum Gasteiger partial charge on any atom is -0.497 e. The lowest BCUT2D eigenvalue weighted by molar-refractivity contribution is -0.162. The van der Waals surface area contributed by atoms with Crippen molar-refractivity contribution in [1.82, 2.24) is 20.4 Å². The van der Waals surface area contributed by atoms with Gasteiger partial charge in [0, 0.05) is 39.2 Å². The Balaban J connectivity index is 1.76. The largest absolute Gasteiger partial charge is 0.497 e. The number of nitrogens with zero attached hydrogens (tertiary/aromatic N) is 2. The quantitative estimate of drug-likeness (QED) is 0.290. The van der Waals surface area contributed by atoms with E-state index >= 15 is 0 Å². The zero-order valence-corrected chi connectivity index (χ0v) is 20.6. The molecule has 3 rings (SSSR count). The van der Waals surface area contributed by atoms with Gasteiger partial charge in [0.2, 0.25) is 6.29 Å². The molecular formula is C25H30N4O7. The zero-order valence-electron chi connectivity index (χ0n) is 20.6. The molecule has 0 fully saturated rings. The molecule has 192 valence electrons. The number of allylic oxidation sites excluding steroid dienone is 2. The highest BCUT2D eigenvalue weighted by Crippen LogP contribution is 2.35. The first-order valence-corrected chi connectivity index (χ1v) is 11.3. The van der Waals surface area contributed by atoms with Gasteiger partial charge in [0.25, 0.3) is 5.91 Å². The van der Waals surface area contributed by atoms with Crippen molar-refractivity contribution < 1.29 is 33.3 Å². The number of methoxy groups -OCH3 is 1. The Labute approximate surface area is 209 Å². The molecule has 3 unspecified atom stereocenters. The Bertz CT molecular complexity index is 1140. The smallest absolute Gasteiger partial charge is 0.410 e. The lowest BCUT2D eigenvalue weighted by Gasteiger charge is -2.39. The van der Waals surface area contributed by atoms with E-state index in [1.807, 2.05) is 18.2 Å². The summed E-state index contributed by atoms with van der Waals surface area (Å²) in [5.41, 5.74) is -0.0754. The molecule has 11 nitrogen and oxygen atoms in total. The fraction of sp³-hybridized carbons (Fsp3) is 0.360. The van der Waals surface area contributed by atoms with Crippen LogP contribution in [0.25, 0.3) is 0 Å². The van der Waals surface area contributed by atoms with Crippen LogP contribution in [0.5, 0.6) is 5.75 Å². The predicted molar refractivity (Wildman–Crippen MR) is 129 cm³/mol. The van der Waals surface area contributed by atoms with Crippen molar-refractivity contribution in [2.24, 2.45) is 7.05 Å². The van der Waals surface area contributed by atoms with Crippen LogP contribution in [0.2, 0.25) is 0 Å². The van der Waals surface area contributed by atoms with Crippen molar-refractivity contribution in [2.45, 2.75) is 31.8 Å². The van der Waals surface area contributed by atoms with Crippen LogP contribution >= 0.6 is 0 Å². The molecule has 2 aromatic rings. The first-order chi connectivity index (χ1) is 17.2. The Morgan fingerprint density at radius 3 is 2.69 bits per heavy atom. The third-order valence-electron chi connectivity index (χ3n) is 5.36. The molecule has 3 atom stereocenters. The number of rotatable bonds is 10. The number of carbonyl (C=O) groups is 3. The fourth-order valence-electron chi connectivity index (χ4n) is 3.76. The standard InChI is InChI=1S/C25H30N4O7/c1-17(30)35-18(2)36-24(32)26-14-15-34-25(28-23(31)19-8-7-9-20(16-19)33-4)12-6-5-10-21(25)22-11-13-27-29(22)3/h5-13,16,18,21H,14-15H2,1-4H3,(H,26,32)(H,28,31). The molecule has 0 spiro atoms. The van der Waals surface area contributed by atoms with Gasteiger partial charge in [-0.2, -0.15) is 5.10 Å². The summed E-state index contributed by atoms with van der Waals surface area (Å²) in [7, 11) is 3.33. The van der Waals surface area contributed by atoms with Gasteiger partial charge in [0.1, 0.15) is 5.75 Å². The van der Waals surface area contributed by atoms with Crippen LogP contribution in [0.15, 0.2) is 60.8 Å². The van der Waals surface area contributed by atoms with Gasteiger partial charge in [-0.3, -0.25) is 14.3 Å². The predicted octanol–water partition coefficient (Wildman–Crippen LogP) is 2.42. The van der Waals surface area contributed by atoms with Crippen LogP contribution in [-0.2, 0) is 26.1 Å². The van der Waals surface area contributed by atoms with E-state index in [4.69, 9.17) is 18.9 Å². The topological polar surface area (TPSA) is 130 Å². The van der Waals surface area contributed by atoms with Gasteiger partial charge in [0.05, 0.1) is 25.3 Å². The van der Waals surface area contributed by atoms with E-state index in [-0.39, 0.29) is 19.1 Å². The number of carbonyl (C=O) groups excluding carboxylic acids is 3. The Morgan fingerprint density at radius 2 is 2.00 bits per heavy atom. The van der Waals surface area contributed by atoms with Gasteiger partial charge in [-0.05, 0) is 30.3 Å². The summed E-state index contributed by atoms with van der Waals surface area (Å²) in [6.07, 6.45) is 7.17. The number of alkyl carbamates (subject to hydrolysis) is 1. The third kappa shape index (κ3) is 6.72. The van der Waals surface area contributed by atoms with E-state index in [0.717, 1.165) is 5.69 Å². The molecule has 1 aromatic carbocycles. The molecule has 0 saturated heterocycles. The second-order valence-electron chi connectivity index (χ2n) is 7.94. The first-order valence-electron chi connectivity index (χ1n) is 11.3. The van der Waals surface area contributed by atoms with Gasteiger partial charge in [-0.1, -0.05) is 24.3 Å². The zero-order chi connectivity index (χ0) is 26.1. The van der Waals surface area contributed by atoms with E-state index in [9.17, 15) is 14.4 Å². The van der Waals surface area contributed by atoms with Gasteiger partial charge in [0.15, 0.2) is 5.72 Å². The molecule has 1 aliphatic rings. The maximum atomic E-state index is 13.3. The summed E-state index contributed by atoms with van der Waals surface area (Å²) in [4.78, 5) is 36.2. The van der Waals surface area contributed by atoms with Crippen molar-refractivity contribution in [3.63, 3.8) is 0 Å². The molecule has 0 aliphatic heterocycles. The number of aromatic nitrogens is 2. The molecular weight excluding hydrogens is 468 g/mol. The van der Waals surface area contributed by atoms with Crippen LogP contribution in [0, 0.1) is 0 Å². The molecule has 0 radical (unpaired) electrons. The van der Waals surface area contributed by atoms with E-state index in [1.165, 1.54) is 21.0 Å². The number of benzene rings is 1. The summed E-state index contributed by atoms with van der Waals surface area (Å²) >= 11 is 0.